The summed E-state index contributed by atoms with van der Waals surface area (Å²) < 4.78 is 13.5. The fourth-order valence-corrected chi connectivity index (χ4v) is 1.95. The van der Waals surface area contributed by atoms with Gasteiger partial charge >= 0.3 is 0 Å². The van der Waals surface area contributed by atoms with E-state index in [1.54, 1.807) is 13.0 Å². The van der Waals surface area contributed by atoms with Gasteiger partial charge in [-0.1, -0.05) is 12.1 Å². The Morgan fingerprint density at radius 3 is 2.84 bits per heavy atom. The van der Waals surface area contributed by atoms with Gasteiger partial charge < -0.3 is 10.6 Å². The van der Waals surface area contributed by atoms with Gasteiger partial charge in [-0.05, 0) is 43.9 Å². The summed E-state index contributed by atoms with van der Waals surface area (Å²) in [6.07, 6.45) is 2.91. The summed E-state index contributed by atoms with van der Waals surface area (Å²) in [6.45, 7) is 4.31. The van der Waals surface area contributed by atoms with E-state index < -0.39 is 0 Å². The molecule has 1 atom stereocenters. The fraction of sp³-hybridized carbons (Fsp3) is 0.533. The summed E-state index contributed by atoms with van der Waals surface area (Å²) in [7, 11) is 0. The van der Waals surface area contributed by atoms with Gasteiger partial charge in [-0.15, -0.1) is 0 Å². The van der Waals surface area contributed by atoms with Gasteiger partial charge in [0.05, 0.1) is 6.04 Å². The number of hydrogen-bond acceptors (Lipinski definition) is 2. The molecule has 3 nitrogen and oxygen atoms in total. The number of amides is 1. The summed E-state index contributed by atoms with van der Waals surface area (Å²) in [5, 5.41) is 6.19. The maximum Gasteiger partial charge on any atom is 0.221 e. The number of nitrogens with one attached hydrogen (secondary N) is 2. The number of hydrogen-bond donors (Lipinski definition) is 2. The Hall–Kier alpha value is -1.42. The minimum absolute atomic E-state index is 0.00151. The average Bonchev–Trinajstić information content (AvgIpc) is 3.16. The zero-order valence-electron chi connectivity index (χ0n) is 11.5. The third-order valence-electron chi connectivity index (χ3n) is 3.44. The Bertz CT molecular complexity index is 457. The molecule has 0 spiro atoms. The second kappa shape index (κ2) is 6.15. The maximum atomic E-state index is 13.5. The number of aryl methyl sites for hydroxylation is 1. The van der Waals surface area contributed by atoms with Crippen LogP contribution < -0.4 is 10.6 Å². The molecule has 0 saturated heterocycles. The smallest absolute Gasteiger partial charge is 0.221 e. The number of carbonyl (C=O) groups is 1. The highest BCUT2D eigenvalue weighted by Gasteiger charge is 2.20. The average molecular weight is 264 g/mol. The van der Waals surface area contributed by atoms with Gasteiger partial charge in [0.25, 0.3) is 0 Å². The Kier molecular flexibility index (Phi) is 4.53. The SMILES string of the molecule is Cc1ccc(C(C)NC(=O)CCNC2CC2)cc1F. The Balaban J connectivity index is 1.79. The first-order valence-electron chi connectivity index (χ1n) is 6.85. The summed E-state index contributed by atoms with van der Waals surface area (Å²) in [6, 6.07) is 5.54. The van der Waals surface area contributed by atoms with Crippen molar-refractivity contribution < 1.29 is 9.18 Å². The van der Waals surface area contributed by atoms with Gasteiger partial charge in [0.1, 0.15) is 5.82 Å². The van der Waals surface area contributed by atoms with Gasteiger partial charge in [0.15, 0.2) is 0 Å². The lowest BCUT2D eigenvalue weighted by molar-refractivity contribution is -0.121. The first-order chi connectivity index (χ1) is 9.06. The molecule has 0 aliphatic heterocycles. The van der Waals surface area contributed by atoms with Crippen molar-refractivity contribution in [1.82, 2.24) is 10.6 Å². The molecular weight excluding hydrogens is 243 g/mol. The van der Waals surface area contributed by atoms with Crippen molar-refractivity contribution in [1.29, 1.82) is 0 Å². The standard InChI is InChI=1S/C15H21FN2O/c1-10-3-4-12(9-14(10)16)11(2)18-15(19)7-8-17-13-5-6-13/h3-4,9,11,13,17H,5-8H2,1-2H3,(H,18,19). The highest BCUT2D eigenvalue weighted by molar-refractivity contribution is 5.76. The summed E-state index contributed by atoms with van der Waals surface area (Å²) >= 11 is 0. The van der Waals surface area contributed by atoms with Crippen molar-refractivity contribution >= 4 is 5.91 Å². The molecule has 0 radical (unpaired) electrons. The van der Waals surface area contributed by atoms with Crippen LogP contribution in [0.15, 0.2) is 18.2 Å². The van der Waals surface area contributed by atoms with Crippen LogP contribution in [-0.4, -0.2) is 18.5 Å². The minimum atomic E-state index is -0.228. The van der Waals surface area contributed by atoms with E-state index in [1.165, 1.54) is 18.9 Å². The molecule has 1 unspecified atom stereocenters. The van der Waals surface area contributed by atoms with Gasteiger partial charge in [-0.3, -0.25) is 4.79 Å². The molecule has 2 N–H and O–H groups in total. The summed E-state index contributed by atoms with van der Waals surface area (Å²) in [4.78, 5) is 11.7. The van der Waals surface area contributed by atoms with Crippen molar-refractivity contribution in [3.63, 3.8) is 0 Å². The van der Waals surface area contributed by atoms with Crippen molar-refractivity contribution in [2.24, 2.45) is 0 Å². The molecule has 0 bridgehead atoms. The van der Waals surface area contributed by atoms with Crippen LogP contribution in [0.5, 0.6) is 0 Å². The summed E-state index contributed by atoms with van der Waals surface area (Å²) in [5.41, 5.74) is 1.42. The summed E-state index contributed by atoms with van der Waals surface area (Å²) in [5.74, 6) is -0.226. The lowest BCUT2D eigenvalue weighted by atomic mass is 10.1. The lowest BCUT2D eigenvalue weighted by Gasteiger charge is -2.15. The molecule has 1 aliphatic carbocycles. The highest BCUT2D eigenvalue weighted by Crippen LogP contribution is 2.18. The van der Waals surface area contributed by atoms with Crippen molar-refractivity contribution in [2.45, 2.75) is 45.2 Å². The second-order valence-electron chi connectivity index (χ2n) is 5.28. The molecule has 4 heteroatoms. The monoisotopic (exact) mass is 264 g/mol. The molecular formula is C15H21FN2O. The van der Waals surface area contributed by atoms with Crippen molar-refractivity contribution in [3.05, 3.63) is 35.1 Å². The van der Waals surface area contributed by atoms with Crippen LogP contribution in [0, 0.1) is 12.7 Å². The van der Waals surface area contributed by atoms with E-state index in [-0.39, 0.29) is 17.8 Å². The van der Waals surface area contributed by atoms with Crippen LogP contribution in [0.1, 0.15) is 43.4 Å². The molecule has 1 aromatic rings. The van der Waals surface area contributed by atoms with Gasteiger partial charge in [-0.25, -0.2) is 4.39 Å². The number of rotatable bonds is 6. The molecule has 0 aromatic heterocycles. The minimum Gasteiger partial charge on any atom is -0.350 e. The Morgan fingerprint density at radius 2 is 2.21 bits per heavy atom. The number of halogens is 1. The molecule has 1 amide bonds. The first-order valence-corrected chi connectivity index (χ1v) is 6.85. The molecule has 1 aliphatic rings. The third kappa shape index (κ3) is 4.31. The Labute approximate surface area is 113 Å². The highest BCUT2D eigenvalue weighted by atomic mass is 19.1. The quantitative estimate of drug-likeness (QED) is 0.828. The van der Waals surface area contributed by atoms with Gasteiger partial charge in [0, 0.05) is 19.0 Å². The molecule has 1 fully saturated rings. The molecule has 19 heavy (non-hydrogen) atoms. The molecule has 2 rings (SSSR count). The predicted molar refractivity (Wildman–Crippen MR) is 73.3 cm³/mol. The van der Waals surface area contributed by atoms with Crippen LogP contribution >= 0.6 is 0 Å². The van der Waals surface area contributed by atoms with Crippen LogP contribution in [0.3, 0.4) is 0 Å². The number of benzene rings is 1. The van der Waals surface area contributed by atoms with E-state index in [9.17, 15) is 9.18 Å². The molecule has 104 valence electrons. The third-order valence-corrected chi connectivity index (χ3v) is 3.44. The molecule has 1 aromatic carbocycles. The fourth-order valence-electron chi connectivity index (χ4n) is 1.95. The molecule has 1 saturated carbocycles. The molecule has 0 heterocycles. The lowest BCUT2D eigenvalue weighted by Crippen LogP contribution is -2.30. The van der Waals surface area contributed by atoms with Gasteiger partial charge in [0.2, 0.25) is 5.91 Å². The predicted octanol–water partition coefficient (Wildman–Crippen LogP) is 2.45. The van der Waals surface area contributed by atoms with Crippen molar-refractivity contribution in [2.75, 3.05) is 6.54 Å². The zero-order valence-corrected chi connectivity index (χ0v) is 11.5. The van der Waals surface area contributed by atoms with E-state index >= 15 is 0 Å². The van der Waals surface area contributed by atoms with Crippen LogP contribution in [0.25, 0.3) is 0 Å². The van der Waals surface area contributed by atoms with E-state index in [1.807, 2.05) is 13.0 Å². The zero-order chi connectivity index (χ0) is 13.8. The van der Waals surface area contributed by atoms with Crippen LogP contribution in [0.2, 0.25) is 0 Å². The van der Waals surface area contributed by atoms with Crippen molar-refractivity contribution in [3.8, 4) is 0 Å². The topological polar surface area (TPSA) is 41.1 Å². The maximum absolute atomic E-state index is 13.5. The normalized spacial score (nSPS) is 16.2. The first kappa shape index (κ1) is 14.0. The Morgan fingerprint density at radius 1 is 1.47 bits per heavy atom. The van der Waals surface area contributed by atoms with Crippen LogP contribution in [0.4, 0.5) is 4.39 Å². The van der Waals surface area contributed by atoms with E-state index in [4.69, 9.17) is 0 Å². The largest absolute Gasteiger partial charge is 0.350 e. The van der Waals surface area contributed by atoms with Crippen LogP contribution in [-0.2, 0) is 4.79 Å². The van der Waals surface area contributed by atoms with E-state index in [0.29, 0.717) is 24.6 Å². The van der Waals surface area contributed by atoms with Gasteiger partial charge in [-0.2, -0.15) is 0 Å². The number of carbonyl (C=O) groups excluding carboxylic acids is 1. The van der Waals surface area contributed by atoms with E-state index in [0.717, 1.165) is 5.56 Å². The van der Waals surface area contributed by atoms with E-state index in [2.05, 4.69) is 10.6 Å². The second-order valence-corrected chi connectivity index (χ2v) is 5.28.